The predicted molar refractivity (Wildman–Crippen MR) is 51.5 cm³/mol. The number of ether oxygens (including phenoxy) is 1. The number of rotatable bonds is 3. The fraction of sp³-hybridized carbons (Fsp3) is 0.500. The molecule has 1 aliphatic heterocycles. The van der Waals surface area contributed by atoms with E-state index in [0.29, 0.717) is 5.69 Å². The third-order valence-corrected chi connectivity index (χ3v) is 2.43. The largest absolute Gasteiger partial charge is 0.457 e. The van der Waals surface area contributed by atoms with Gasteiger partial charge in [0.15, 0.2) is 6.61 Å². The van der Waals surface area contributed by atoms with Crippen LogP contribution in [0.4, 0.5) is 0 Å². The summed E-state index contributed by atoms with van der Waals surface area (Å²) in [6.07, 6.45) is 3.59. The molecule has 0 amide bonds. The van der Waals surface area contributed by atoms with Crippen LogP contribution in [0, 0.1) is 0 Å². The Balaban J connectivity index is 2.09. The summed E-state index contributed by atoms with van der Waals surface area (Å²) in [6, 6.07) is 0. The van der Waals surface area contributed by atoms with Crippen molar-refractivity contribution in [1.29, 1.82) is 0 Å². The van der Waals surface area contributed by atoms with Crippen LogP contribution in [0.3, 0.4) is 0 Å². The predicted octanol–water partition coefficient (Wildman–Crippen LogP) is 0.575. The van der Waals surface area contributed by atoms with E-state index in [2.05, 4.69) is 9.72 Å². The molecule has 0 bridgehead atoms. The first-order valence-corrected chi connectivity index (χ1v) is 4.89. The first-order valence-electron chi connectivity index (χ1n) is 4.89. The summed E-state index contributed by atoms with van der Waals surface area (Å²) in [5.74, 6) is -0.667. The van der Waals surface area contributed by atoms with E-state index in [-0.39, 0.29) is 12.4 Å². The van der Waals surface area contributed by atoms with Crippen LogP contribution in [0.25, 0.3) is 0 Å². The van der Waals surface area contributed by atoms with Crippen molar-refractivity contribution < 1.29 is 14.3 Å². The first kappa shape index (κ1) is 9.89. The molecule has 0 radical (unpaired) electrons. The van der Waals surface area contributed by atoms with Gasteiger partial charge in [-0.15, -0.1) is 0 Å². The van der Waals surface area contributed by atoms with Gasteiger partial charge in [0.2, 0.25) is 5.78 Å². The number of carbonyl (C=O) groups excluding carboxylic acids is 2. The standard InChI is InChI=1S/C10H12N2O3/c1-7(13)15-5-9(14)10-8-3-2-4-12(8)6-11-10/h6H,2-5H2,1H3. The fourth-order valence-electron chi connectivity index (χ4n) is 1.75. The van der Waals surface area contributed by atoms with E-state index in [0.717, 1.165) is 25.1 Å². The number of imidazole rings is 1. The Labute approximate surface area is 87.1 Å². The topological polar surface area (TPSA) is 61.2 Å². The maximum absolute atomic E-state index is 11.6. The molecule has 15 heavy (non-hydrogen) atoms. The Morgan fingerprint density at radius 2 is 2.40 bits per heavy atom. The van der Waals surface area contributed by atoms with Gasteiger partial charge in [0.25, 0.3) is 0 Å². The van der Waals surface area contributed by atoms with Gasteiger partial charge in [-0.05, 0) is 12.8 Å². The minimum Gasteiger partial charge on any atom is -0.457 e. The van der Waals surface area contributed by atoms with Crippen LogP contribution >= 0.6 is 0 Å². The van der Waals surface area contributed by atoms with Crippen LogP contribution < -0.4 is 0 Å². The van der Waals surface area contributed by atoms with Crippen molar-refractivity contribution in [2.45, 2.75) is 26.3 Å². The number of fused-ring (bicyclic) bond motifs is 1. The van der Waals surface area contributed by atoms with Crippen LogP contribution in [0.5, 0.6) is 0 Å². The van der Waals surface area contributed by atoms with Crippen molar-refractivity contribution in [2.24, 2.45) is 0 Å². The zero-order valence-corrected chi connectivity index (χ0v) is 8.52. The van der Waals surface area contributed by atoms with Gasteiger partial charge in [0.05, 0.1) is 6.33 Å². The number of carbonyl (C=O) groups is 2. The summed E-state index contributed by atoms with van der Waals surface area (Å²) in [5, 5.41) is 0. The lowest BCUT2D eigenvalue weighted by Crippen LogP contribution is -2.13. The summed E-state index contributed by atoms with van der Waals surface area (Å²) in [7, 11) is 0. The molecule has 0 spiro atoms. The van der Waals surface area contributed by atoms with E-state index in [9.17, 15) is 9.59 Å². The Kier molecular flexibility index (Phi) is 2.53. The zero-order chi connectivity index (χ0) is 10.8. The molecule has 1 aromatic heterocycles. The van der Waals surface area contributed by atoms with Gasteiger partial charge in [0.1, 0.15) is 5.69 Å². The van der Waals surface area contributed by atoms with Crippen LogP contribution in [-0.2, 0) is 22.5 Å². The smallest absolute Gasteiger partial charge is 0.303 e. The van der Waals surface area contributed by atoms with E-state index in [1.165, 1.54) is 6.92 Å². The average Bonchev–Trinajstić information content (AvgIpc) is 2.74. The van der Waals surface area contributed by atoms with Crippen LogP contribution in [0.15, 0.2) is 6.33 Å². The monoisotopic (exact) mass is 208 g/mol. The molecule has 0 aliphatic carbocycles. The molecule has 0 fully saturated rings. The molecule has 5 heteroatoms. The molecule has 0 aromatic carbocycles. The Morgan fingerprint density at radius 3 is 3.13 bits per heavy atom. The van der Waals surface area contributed by atoms with Gasteiger partial charge in [-0.2, -0.15) is 0 Å². The number of esters is 1. The van der Waals surface area contributed by atoms with E-state index >= 15 is 0 Å². The second-order valence-electron chi connectivity index (χ2n) is 3.54. The Hall–Kier alpha value is -1.65. The van der Waals surface area contributed by atoms with Crippen molar-refractivity contribution in [3.63, 3.8) is 0 Å². The summed E-state index contributed by atoms with van der Waals surface area (Å²) in [5.41, 5.74) is 1.42. The Bertz CT molecular complexity index is 409. The molecule has 5 nitrogen and oxygen atoms in total. The second-order valence-corrected chi connectivity index (χ2v) is 3.54. The number of aryl methyl sites for hydroxylation is 1. The van der Waals surface area contributed by atoms with Crippen molar-refractivity contribution in [1.82, 2.24) is 9.55 Å². The van der Waals surface area contributed by atoms with Gasteiger partial charge in [-0.1, -0.05) is 0 Å². The third-order valence-electron chi connectivity index (χ3n) is 2.43. The fourth-order valence-corrected chi connectivity index (χ4v) is 1.75. The molecular weight excluding hydrogens is 196 g/mol. The number of aromatic nitrogens is 2. The number of ketones is 1. The maximum Gasteiger partial charge on any atom is 0.303 e. The van der Waals surface area contributed by atoms with Crippen molar-refractivity contribution in [2.75, 3.05) is 6.61 Å². The quantitative estimate of drug-likeness (QED) is 0.538. The number of Topliss-reactive ketones (excluding diaryl/α,β-unsaturated/α-hetero) is 1. The number of nitrogens with zero attached hydrogens (tertiary/aromatic N) is 2. The molecular formula is C10H12N2O3. The molecule has 2 rings (SSSR count). The van der Waals surface area contributed by atoms with Crippen LogP contribution in [0.2, 0.25) is 0 Å². The van der Waals surface area contributed by atoms with Gasteiger partial charge < -0.3 is 9.30 Å². The SMILES string of the molecule is CC(=O)OCC(=O)c1ncn2c1CCC2. The van der Waals surface area contributed by atoms with Crippen LogP contribution in [0.1, 0.15) is 29.5 Å². The minimum atomic E-state index is -0.445. The molecule has 1 aromatic rings. The minimum absolute atomic E-state index is 0.209. The number of hydrogen-bond acceptors (Lipinski definition) is 4. The average molecular weight is 208 g/mol. The van der Waals surface area contributed by atoms with Gasteiger partial charge in [-0.25, -0.2) is 4.98 Å². The van der Waals surface area contributed by atoms with Crippen LogP contribution in [-0.4, -0.2) is 27.9 Å². The maximum atomic E-state index is 11.6. The molecule has 0 saturated carbocycles. The van der Waals surface area contributed by atoms with E-state index in [1.54, 1.807) is 6.33 Å². The lowest BCUT2D eigenvalue weighted by atomic mass is 10.2. The van der Waals surface area contributed by atoms with Gasteiger partial charge >= 0.3 is 5.97 Å². The second kappa shape index (κ2) is 3.84. The zero-order valence-electron chi connectivity index (χ0n) is 8.52. The first-order chi connectivity index (χ1) is 7.18. The third kappa shape index (κ3) is 1.91. The van der Waals surface area contributed by atoms with E-state index in [4.69, 9.17) is 0 Å². The summed E-state index contributed by atoms with van der Waals surface area (Å²) >= 11 is 0. The summed E-state index contributed by atoms with van der Waals surface area (Å²) in [4.78, 5) is 26.2. The highest BCUT2D eigenvalue weighted by atomic mass is 16.5. The molecule has 0 unspecified atom stereocenters. The molecule has 2 heterocycles. The van der Waals surface area contributed by atoms with Crippen molar-refractivity contribution in [3.05, 3.63) is 17.7 Å². The Morgan fingerprint density at radius 1 is 1.60 bits per heavy atom. The molecule has 80 valence electrons. The molecule has 0 saturated heterocycles. The van der Waals surface area contributed by atoms with Crippen molar-refractivity contribution >= 4 is 11.8 Å². The lowest BCUT2D eigenvalue weighted by Gasteiger charge is -2.00. The summed E-state index contributed by atoms with van der Waals surface area (Å²) in [6.45, 7) is 1.99. The normalized spacial score (nSPS) is 13.7. The summed E-state index contributed by atoms with van der Waals surface area (Å²) < 4.78 is 6.62. The van der Waals surface area contributed by atoms with E-state index in [1.807, 2.05) is 4.57 Å². The van der Waals surface area contributed by atoms with Gasteiger partial charge in [0, 0.05) is 19.2 Å². The number of hydrogen-bond donors (Lipinski definition) is 0. The lowest BCUT2D eigenvalue weighted by molar-refractivity contribution is -0.139. The highest BCUT2D eigenvalue weighted by molar-refractivity contribution is 5.97. The molecule has 0 atom stereocenters. The molecule has 1 aliphatic rings. The van der Waals surface area contributed by atoms with E-state index < -0.39 is 5.97 Å². The highest BCUT2D eigenvalue weighted by Crippen LogP contribution is 2.18. The van der Waals surface area contributed by atoms with Gasteiger partial charge in [-0.3, -0.25) is 9.59 Å². The molecule has 0 N–H and O–H groups in total. The van der Waals surface area contributed by atoms with Crippen molar-refractivity contribution in [3.8, 4) is 0 Å². The highest BCUT2D eigenvalue weighted by Gasteiger charge is 2.21.